The summed E-state index contributed by atoms with van der Waals surface area (Å²) in [6.07, 6.45) is 5.07. The summed E-state index contributed by atoms with van der Waals surface area (Å²) in [5, 5.41) is 0. The predicted octanol–water partition coefficient (Wildman–Crippen LogP) is 3.54. The number of thiophene rings is 1. The highest BCUT2D eigenvalue weighted by molar-refractivity contribution is 7.11. The molecule has 5 heteroatoms. The highest BCUT2D eigenvalue weighted by Gasteiger charge is 2.48. The Morgan fingerprint density at radius 3 is 2.65 bits per heavy atom. The third kappa shape index (κ3) is 4.15. The Balaban J connectivity index is 1.35. The first-order chi connectivity index (χ1) is 12.5. The Bertz CT molecular complexity index is 632. The number of amides is 1. The molecule has 1 aromatic heterocycles. The van der Waals surface area contributed by atoms with Crippen molar-refractivity contribution in [2.45, 2.75) is 46.1 Å². The van der Waals surface area contributed by atoms with Crippen molar-refractivity contribution in [2.75, 3.05) is 39.4 Å². The van der Waals surface area contributed by atoms with Gasteiger partial charge in [-0.1, -0.05) is 0 Å². The summed E-state index contributed by atoms with van der Waals surface area (Å²) >= 11 is 1.92. The number of piperidine rings is 1. The van der Waals surface area contributed by atoms with Gasteiger partial charge in [0.1, 0.15) is 0 Å². The van der Waals surface area contributed by atoms with Crippen molar-refractivity contribution in [2.24, 2.45) is 17.3 Å². The lowest BCUT2D eigenvalue weighted by atomic mass is 9.71. The van der Waals surface area contributed by atoms with E-state index in [2.05, 4.69) is 28.9 Å². The number of hydrogen-bond donors (Lipinski definition) is 0. The summed E-state index contributed by atoms with van der Waals surface area (Å²) in [5.74, 6) is 1.55. The van der Waals surface area contributed by atoms with Gasteiger partial charge in [-0.05, 0) is 69.2 Å². The van der Waals surface area contributed by atoms with Gasteiger partial charge >= 0.3 is 0 Å². The van der Waals surface area contributed by atoms with Crippen LogP contribution < -0.4 is 0 Å². The first-order valence-electron chi connectivity index (χ1n) is 10.1. The fraction of sp³-hybridized carbons (Fsp3) is 0.762. The minimum Gasteiger partial charge on any atom is -0.381 e. The molecule has 4 nitrogen and oxygen atoms in total. The van der Waals surface area contributed by atoms with Crippen LogP contribution in [-0.2, 0) is 16.1 Å². The molecule has 1 amide bonds. The fourth-order valence-electron chi connectivity index (χ4n) is 4.68. The van der Waals surface area contributed by atoms with Crippen molar-refractivity contribution in [3.63, 3.8) is 0 Å². The van der Waals surface area contributed by atoms with Crippen LogP contribution in [0, 0.1) is 24.2 Å². The standard InChI is InChI=1S/C21H32N2O2S/c1-16-3-6-20(26-16)12-22-9-7-21(8-10-22)15-23(17(2)24)11-19(21)14-25-13-18-4-5-18/h3,6,18-19H,4-5,7-15H2,1-2H3. The molecule has 2 saturated heterocycles. The van der Waals surface area contributed by atoms with Gasteiger partial charge in [-0.15, -0.1) is 11.3 Å². The van der Waals surface area contributed by atoms with E-state index >= 15 is 0 Å². The van der Waals surface area contributed by atoms with Gasteiger partial charge in [0.05, 0.1) is 6.61 Å². The highest BCUT2D eigenvalue weighted by Crippen LogP contribution is 2.45. The van der Waals surface area contributed by atoms with Crippen molar-refractivity contribution in [3.8, 4) is 0 Å². The fourth-order valence-corrected chi connectivity index (χ4v) is 5.61. The largest absolute Gasteiger partial charge is 0.381 e. The van der Waals surface area contributed by atoms with Crippen LogP contribution in [-0.4, -0.2) is 55.1 Å². The predicted molar refractivity (Wildman–Crippen MR) is 105 cm³/mol. The van der Waals surface area contributed by atoms with Crippen molar-refractivity contribution >= 4 is 17.2 Å². The number of aryl methyl sites for hydroxylation is 1. The molecule has 1 saturated carbocycles. The van der Waals surface area contributed by atoms with Crippen LogP contribution in [0.25, 0.3) is 0 Å². The molecule has 144 valence electrons. The second-order valence-electron chi connectivity index (χ2n) is 8.73. The van der Waals surface area contributed by atoms with E-state index in [1.165, 1.54) is 35.4 Å². The number of likely N-dealkylation sites (tertiary alicyclic amines) is 2. The number of nitrogens with zero attached hydrogens (tertiary/aromatic N) is 2. The van der Waals surface area contributed by atoms with Crippen molar-refractivity contribution in [1.82, 2.24) is 9.80 Å². The zero-order valence-corrected chi connectivity index (χ0v) is 17.0. The molecule has 2 aliphatic heterocycles. The summed E-state index contributed by atoms with van der Waals surface area (Å²) in [6, 6.07) is 4.49. The van der Waals surface area contributed by atoms with Crippen LogP contribution in [0.5, 0.6) is 0 Å². The normalized spacial score (nSPS) is 25.9. The molecule has 0 radical (unpaired) electrons. The molecule has 3 fully saturated rings. The van der Waals surface area contributed by atoms with E-state index in [0.717, 1.165) is 51.9 Å². The van der Waals surface area contributed by atoms with Gasteiger partial charge in [-0.2, -0.15) is 0 Å². The van der Waals surface area contributed by atoms with Gasteiger partial charge < -0.3 is 9.64 Å². The molecule has 3 heterocycles. The number of rotatable bonds is 6. The molecule has 3 aliphatic rings. The summed E-state index contributed by atoms with van der Waals surface area (Å²) in [6.45, 7) is 10.9. The summed E-state index contributed by atoms with van der Waals surface area (Å²) in [5.41, 5.74) is 0.275. The summed E-state index contributed by atoms with van der Waals surface area (Å²) < 4.78 is 6.07. The molecule has 1 aromatic rings. The van der Waals surface area contributed by atoms with Crippen LogP contribution >= 0.6 is 11.3 Å². The number of carbonyl (C=O) groups is 1. The maximum absolute atomic E-state index is 12.0. The number of hydrogen-bond acceptors (Lipinski definition) is 4. The summed E-state index contributed by atoms with van der Waals surface area (Å²) in [7, 11) is 0. The van der Waals surface area contributed by atoms with Crippen LogP contribution in [0.15, 0.2) is 12.1 Å². The molecule has 0 aromatic carbocycles. The molecule has 1 aliphatic carbocycles. The van der Waals surface area contributed by atoms with Gasteiger partial charge in [0, 0.05) is 48.8 Å². The molecule has 1 atom stereocenters. The van der Waals surface area contributed by atoms with E-state index in [1.807, 2.05) is 11.3 Å². The molecule has 1 spiro atoms. The Kier molecular flexibility index (Phi) is 5.40. The average Bonchev–Trinajstić information content (AvgIpc) is 3.25. The second-order valence-corrected chi connectivity index (χ2v) is 10.1. The van der Waals surface area contributed by atoms with Gasteiger partial charge in [0.25, 0.3) is 0 Å². The van der Waals surface area contributed by atoms with Gasteiger partial charge in [-0.3, -0.25) is 9.69 Å². The zero-order valence-electron chi connectivity index (χ0n) is 16.2. The van der Waals surface area contributed by atoms with Crippen molar-refractivity contribution in [1.29, 1.82) is 0 Å². The average molecular weight is 377 g/mol. The topological polar surface area (TPSA) is 32.8 Å². The molecule has 26 heavy (non-hydrogen) atoms. The van der Waals surface area contributed by atoms with Crippen LogP contribution in [0.2, 0.25) is 0 Å². The third-order valence-corrected chi connectivity index (χ3v) is 7.64. The lowest BCUT2D eigenvalue weighted by Gasteiger charge is -2.42. The Morgan fingerprint density at radius 1 is 1.27 bits per heavy atom. The molecular weight excluding hydrogens is 344 g/mol. The van der Waals surface area contributed by atoms with Crippen LogP contribution in [0.1, 0.15) is 42.4 Å². The van der Waals surface area contributed by atoms with E-state index in [-0.39, 0.29) is 11.3 Å². The SMILES string of the molecule is CC(=O)N1CC(COCC2CC2)C2(CCN(Cc3ccc(C)s3)CC2)C1. The maximum Gasteiger partial charge on any atom is 0.219 e. The number of carbonyl (C=O) groups excluding carboxylic acids is 1. The highest BCUT2D eigenvalue weighted by atomic mass is 32.1. The number of ether oxygens (including phenoxy) is 1. The van der Waals surface area contributed by atoms with Crippen LogP contribution in [0.3, 0.4) is 0 Å². The molecule has 4 rings (SSSR count). The minimum atomic E-state index is 0.227. The van der Waals surface area contributed by atoms with Gasteiger partial charge in [-0.25, -0.2) is 0 Å². The first kappa shape index (κ1) is 18.5. The molecular formula is C21H32N2O2S. The lowest BCUT2D eigenvalue weighted by Crippen LogP contribution is -2.45. The summed E-state index contributed by atoms with van der Waals surface area (Å²) in [4.78, 5) is 19.5. The van der Waals surface area contributed by atoms with E-state index in [9.17, 15) is 4.79 Å². The zero-order chi connectivity index (χ0) is 18.1. The second kappa shape index (κ2) is 7.61. The van der Waals surface area contributed by atoms with Gasteiger partial charge in [0.2, 0.25) is 5.91 Å². The van der Waals surface area contributed by atoms with Crippen molar-refractivity contribution < 1.29 is 9.53 Å². The van der Waals surface area contributed by atoms with Crippen molar-refractivity contribution in [3.05, 3.63) is 21.9 Å². The van der Waals surface area contributed by atoms with Gasteiger partial charge in [0.15, 0.2) is 0 Å². The van der Waals surface area contributed by atoms with Crippen LogP contribution in [0.4, 0.5) is 0 Å². The minimum absolute atomic E-state index is 0.227. The third-order valence-electron chi connectivity index (χ3n) is 6.65. The Hall–Kier alpha value is -0.910. The Morgan fingerprint density at radius 2 is 2.04 bits per heavy atom. The van der Waals surface area contributed by atoms with E-state index in [1.54, 1.807) is 6.92 Å². The smallest absolute Gasteiger partial charge is 0.219 e. The van der Waals surface area contributed by atoms with E-state index in [0.29, 0.717) is 5.92 Å². The molecule has 1 unspecified atom stereocenters. The quantitative estimate of drug-likeness (QED) is 0.761. The maximum atomic E-state index is 12.0. The Labute approximate surface area is 161 Å². The molecule has 0 N–H and O–H groups in total. The van der Waals surface area contributed by atoms with E-state index < -0.39 is 0 Å². The lowest BCUT2D eigenvalue weighted by molar-refractivity contribution is -0.128. The monoisotopic (exact) mass is 376 g/mol. The first-order valence-corrected chi connectivity index (χ1v) is 11.0. The molecule has 0 bridgehead atoms. The van der Waals surface area contributed by atoms with E-state index in [4.69, 9.17) is 4.74 Å².